The molecule has 0 spiro atoms. The minimum Gasteiger partial charge on any atom is -0.491 e. The second kappa shape index (κ2) is 11.3. The highest BCUT2D eigenvalue weighted by atomic mass is 16.6. The van der Waals surface area contributed by atoms with Crippen molar-refractivity contribution in [2.45, 2.75) is 44.3 Å². The third-order valence-corrected chi connectivity index (χ3v) is 7.07. The zero-order valence-corrected chi connectivity index (χ0v) is 21.2. The van der Waals surface area contributed by atoms with E-state index in [4.69, 9.17) is 18.9 Å². The van der Waals surface area contributed by atoms with Crippen LogP contribution in [0.3, 0.4) is 0 Å². The van der Waals surface area contributed by atoms with E-state index in [0.717, 1.165) is 49.5 Å². The van der Waals surface area contributed by atoms with Crippen LogP contribution in [-0.2, 0) is 20.6 Å². The van der Waals surface area contributed by atoms with Crippen LogP contribution in [0.25, 0.3) is 11.1 Å². The summed E-state index contributed by atoms with van der Waals surface area (Å²) in [6, 6.07) is 15.2. The minimum atomic E-state index is 0.208. The molecule has 2 fully saturated rings. The molecule has 1 aliphatic carbocycles. The van der Waals surface area contributed by atoms with Gasteiger partial charge in [0.2, 0.25) is 0 Å². The lowest BCUT2D eigenvalue weighted by atomic mass is 9.79. The first kappa shape index (κ1) is 24.6. The van der Waals surface area contributed by atoms with Gasteiger partial charge in [-0.3, -0.25) is 0 Å². The van der Waals surface area contributed by atoms with E-state index in [9.17, 15) is 0 Å². The number of hydrogen-bond donors (Lipinski definition) is 0. The molecule has 0 amide bonds. The van der Waals surface area contributed by atoms with Crippen molar-refractivity contribution in [1.82, 2.24) is 0 Å². The molecule has 4 atom stereocenters. The topological polar surface area (TPSA) is 43.5 Å². The number of epoxide rings is 2. The Morgan fingerprint density at radius 3 is 2.31 bits per heavy atom. The van der Waals surface area contributed by atoms with Gasteiger partial charge in [-0.05, 0) is 65.1 Å². The molecule has 0 aromatic heterocycles. The van der Waals surface area contributed by atoms with E-state index in [-0.39, 0.29) is 18.1 Å². The standard InChI is InChI=1S/C32H36O4/c1-4-9-24-15-22(3)28(13-14-31(24)35-20-26-18-33-26)30-16-25(10-5-2)32(36-21-27-19-34-27)17-29(30)23-11-7-6-8-12-23/h4-8,11-14,16-17,22,26-28H,1-2,9-10,15,18-21H2,3H3. The lowest BCUT2D eigenvalue weighted by molar-refractivity contribution is 0.189. The second-order valence-corrected chi connectivity index (χ2v) is 9.97. The summed E-state index contributed by atoms with van der Waals surface area (Å²) >= 11 is 0. The zero-order chi connectivity index (χ0) is 24.9. The van der Waals surface area contributed by atoms with Gasteiger partial charge < -0.3 is 18.9 Å². The van der Waals surface area contributed by atoms with E-state index in [2.05, 4.69) is 74.7 Å². The molecule has 0 radical (unpaired) electrons. The van der Waals surface area contributed by atoms with Gasteiger partial charge in [0.05, 0.1) is 13.2 Å². The molecular formula is C32H36O4. The van der Waals surface area contributed by atoms with Gasteiger partial charge in [-0.2, -0.15) is 0 Å². The smallest absolute Gasteiger partial charge is 0.123 e. The van der Waals surface area contributed by atoms with Gasteiger partial charge in [0, 0.05) is 5.92 Å². The van der Waals surface area contributed by atoms with E-state index < -0.39 is 0 Å². The maximum Gasteiger partial charge on any atom is 0.123 e. The van der Waals surface area contributed by atoms with Gasteiger partial charge in [-0.25, -0.2) is 0 Å². The van der Waals surface area contributed by atoms with Crippen LogP contribution in [0.15, 0.2) is 91.3 Å². The van der Waals surface area contributed by atoms with Crippen LogP contribution in [-0.4, -0.2) is 38.6 Å². The molecular weight excluding hydrogens is 448 g/mol. The number of benzene rings is 2. The molecule has 2 aromatic carbocycles. The first-order chi connectivity index (χ1) is 17.7. The Bertz CT molecular complexity index is 1140. The van der Waals surface area contributed by atoms with Crippen LogP contribution in [0.5, 0.6) is 5.75 Å². The average molecular weight is 485 g/mol. The third kappa shape index (κ3) is 6.00. The summed E-state index contributed by atoms with van der Waals surface area (Å²) in [5.41, 5.74) is 6.16. The molecule has 3 aliphatic rings. The molecule has 0 bridgehead atoms. The monoisotopic (exact) mass is 484 g/mol. The van der Waals surface area contributed by atoms with Crippen LogP contribution in [0.2, 0.25) is 0 Å². The quantitative estimate of drug-likeness (QED) is 0.246. The first-order valence-electron chi connectivity index (χ1n) is 13.0. The molecule has 0 N–H and O–H groups in total. The van der Waals surface area contributed by atoms with Crippen molar-refractivity contribution in [3.63, 3.8) is 0 Å². The number of rotatable bonds is 12. The summed E-state index contributed by atoms with van der Waals surface area (Å²) in [6.07, 6.45) is 11.4. The fourth-order valence-electron chi connectivity index (χ4n) is 4.96. The minimum absolute atomic E-state index is 0.208. The molecule has 5 rings (SSSR count). The van der Waals surface area contributed by atoms with Crippen molar-refractivity contribution < 1.29 is 18.9 Å². The van der Waals surface area contributed by atoms with E-state index in [0.29, 0.717) is 19.1 Å². The fraction of sp³-hybridized carbons (Fsp3) is 0.375. The van der Waals surface area contributed by atoms with Crippen molar-refractivity contribution in [3.05, 3.63) is 102 Å². The SMILES string of the molecule is C=CCC1=C(OCC2CO2)C=CC(c2cc(CC=C)c(OCC3CO3)cc2-c2ccccc2)C(C)C1. The second-order valence-electron chi connectivity index (χ2n) is 9.97. The number of ether oxygens (including phenoxy) is 4. The van der Waals surface area contributed by atoms with Crippen molar-refractivity contribution >= 4 is 0 Å². The van der Waals surface area contributed by atoms with Gasteiger partial charge in [0.15, 0.2) is 0 Å². The van der Waals surface area contributed by atoms with Crippen molar-refractivity contribution in [1.29, 1.82) is 0 Å². The van der Waals surface area contributed by atoms with Gasteiger partial charge >= 0.3 is 0 Å². The summed E-state index contributed by atoms with van der Waals surface area (Å²) in [6.45, 7) is 13.1. The largest absolute Gasteiger partial charge is 0.491 e. The van der Waals surface area contributed by atoms with Crippen LogP contribution < -0.4 is 4.74 Å². The highest BCUT2D eigenvalue weighted by Gasteiger charge is 2.29. The third-order valence-electron chi connectivity index (χ3n) is 7.07. The zero-order valence-electron chi connectivity index (χ0n) is 21.2. The van der Waals surface area contributed by atoms with Gasteiger partial charge in [-0.1, -0.05) is 61.5 Å². The molecule has 188 valence electrons. The lowest BCUT2D eigenvalue weighted by Crippen LogP contribution is -2.12. The molecule has 4 unspecified atom stereocenters. The Hall–Kier alpha value is -3.08. The van der Waals surface area contributed by atoms with Crippen molar-refractivity contribution in [3.8, 4) is 16.9 Å². The van der Waals surface area contributed by atoms with Crippen molar-refractivity contribution in [2.75, 3.05) is 26.4 Å². The number of hydrogen-bond acceptors (Lipinski definition) is 4. The normalized spacial score (nSPS) is 24.7. The van der Waals surface area contributed by atoms with E-state index in [1.165, 1.54) is 22.3 Å². The molecule has 36 heavy (non-hydrogen) atoms. The molecule has 2 aromatic rings. The summed E-state index contributed by atoms with van der Waals surface area (Å²) in [4.78, 5) is 0. The molecule has 4 heteroatoms. The van der Waals surface area contributed by atoms with Gasteiger partial charge in [0.25, 0.3) is 0 Å². The molecule has 2 aliphatic heterocycles. The Balaban J connectivity index is 1.53. The van der Waals surface area contributed by atoms with E-state index in [1.807, 2.05) is 12.2 Å². The molecule has 2 heterocycles. The van der Waals surface area contributed by atoms with E-state index in [1.54, 1.807) is 0 Å². The Morgan fingerprint density at radius 2 is 1.64 bits per heavy atom. The Kier molecular flexibility index (Phi) is 7.74. The lowest BCUT2D eigenvalue weighted by Gasteiger charge is -2.25. The summed E-state index contributed by atoms with van der Waals surface area (Å²) in [5, 5.41) is 0. The highest BCUT2D eigenvalue weighted by molar-refractivity contribution is 5.71. The Morgan fingerprint density at radius 1 is 0.944 bits per heavy atom. The van der Waals surface area contributed by atoms with Crippen LogP contribution in [0.4, 0.5) is 0 Å². The maximum atomic E-state index is 6.25. The average Bonchev–Trinajstić information content (AvgIpc) is 3.80. The van der Waals surface area contributed by atoms with Crippen LogP contribution in [0.1, 0.15) is 36.8 Å². The summed E-state index contributed by atoms with van der Waals surface area (Å²) in [7, 11) is 0. The van der Waals surface area contributed by atoms with Gasteiger partial charge in [-0.15, -0.1) is 13.2 Å². The summed E-state index contributed by atoms with van der Waals surface area (Å²) in [5.74, 6) is 2.50. The first-order valence-corrected chi connectivity index (χ1v) is 13.0. The fourth-order valence-corrected chi connectivity index (χ4v) is 4.96. The van der Waals surface area contributed by atoms with Gasteiger partial charge in [0.1, 0.15) is 36.9 Å². The number of allylic oxidation sites excluding steroid dienone is 5. The molecule has 4 nitrogen and oxygen atoms in total. The highest BCUT2D eigenvalue weighted by Crippen LogP contribution is 2.43. The van der Waals surface area contributed by atoms with Crippen molar-refractivity contribution in [2.24, 2.45) is 5.92 Å². The van der Waals surface area contributed by atoms with Crippen LogP contribution in [0, 0.1) is 5.92 Å². The molecule has 2 saturated heterocycles. The predicted octanol–water partition coefficient (Wildman–Crippen LogP) is 6.78. The molecule has 0 saturated carbocycles. The maximum absolute atomic E-state index is 6.25. The van der Waals surface area contributed by atoms with E-state index >= 15 is 0 Å². The predicted molar refractivity (Wildman–Crippen MR) is 144 cm³/mol. The van der Waals surface area contributed by atoms with Crippen LogP contribution >= 0.6 is 0 Å². The summed E-state index contributed by atoms with van der Waals surface area (Å²) < 4.78 is 23.2. The Labute approximate surface area is 214 Å².